The van der Waals surface area contributed by atoms with E-state index in [0.29, 0.717) is 11.8 Å². The summed E-state index contributed by atoms with van der Waals surface area (Å²) < 4.78 is 7.15. The Balaban J connectivity index is 1.64. The number of ether oxygens (including phenoxy) is 1. The number of halogens is 1. The number of hydrogen-bond acceptors (Lipinski definition) is 4. The Hall–Kier alpha value is -1.95. The molecule has 2 aromatic heterocycles. The van der Waals surface area contributed by atoms with Crippen molar-refractivity contribution in [3.8, 4) is 5.88 Å². The lowest BCUT2D eigenvalue weighted by molar-refractivity contribution is 0.117. The molecule has 1 fully saturated rings. The van der Waals surface area contributed by atoms with Crippen molar-refractivity contribution in [1.29, 1.82) is 0 Å². The van der Waals surface area contributed by atoms with Gasteiger partial charge in [0.15, 0.2) is 0 Å². The summed E-state index contributed by atoms with van der Waals surface area (Å²) in [6.45, 7) is 4.98. The van der Waals surface area contributed by atoms with Gasteiger partial charge in [-0.2, -0.15) is 0 Å². The van der Waals surface area contributed by atoms with E-state index < -0.39 is 0 Å². The summed E-state index contributed by atoms with van der Waals surface area (Å²) in [7, 11) is 2.00. The van der Waals surface area contributed by atoms with Crippen molar-refractivity contribution in [2.45, 2.75) is 52.1 Å². The van der Waals surface area contributed by atoms with E-state index in [0.717, 1.165) is 41.7 Å². The third-order valence-corrected chi connectivity index (χ3v) is 5.81. The molecule has 2 aromatic rings. The van der Waals surface area contributed by atoms with Crippen LogP contribution in [0.15, 0.2) is 39.9 Å². The molecule has 0 N–H and O–H groups in total. The number of aryl methyl sites for hydroxylation is 1. The summed E-state index contributed by atoms with van der Waals surface area (Å²) in [5.41, 5.74) is 2.90. The maximum absolute atomic E-state index is 6.30. The van der Waals surface area contributed by atoms with Crippen LogP contribution in [0.1, 0.15) is 44.0 Å². The van der Waals surface area contributed by atoms with E-state index in [2.05, 4.69) is 49.9 Å². The van der Waals surface area contributed by atoms with Crippen molar-refractivity contribution in [2.24, 2.45) is 10.9 Å². The highest BCUT2D eigenvalue weighted by Gasteiger charge is 2.25. The molecule has 6 heteroatoms. The molecule has 2 heterocycles. The second kappa shape index (κ2) is 10.0. The Morgan fingerprint density at radius 3 is 2.96 bits per heavy atom. The number of aromatic nitrogens is 2. The van der Waals surface area contributed by atoms with Crippen LogP contribution in [-0.4, -0.2) is 40.9 Å². The van der Waals surface area contributed by atoms with Crippen LogP contribution in [0, 0.1) is 12.8 Å². The second-order valence-corrected chi connectivity index (χ2v) is 8.35. The van der Waals surface area contributed by atoms with Gasteiger partial charge in [0.1, 0.15) is 6.10 Å². The van der Waals surface area contributed by atoms with E-state index in [4.69, 9.17) is 4.74 Å². The molecule has 0 aliphatic heterocycles. The summed E-state index contributed by atoms with van der Waals surface area (Å²) in [6, 6.07) is 8.13. The minimum Gasteiger partial charge on any atom is -0.474 e. The van der Waals surface area contributed by atoms with Gasteiger partial charge in [0, 0.05) is 25.5 Å². The topological polar surface area (TPSA) is 50.6 Å². The van der Waals surface area contributed by atoms with Crippen LogP contribution < -0.4 is 4.74 Å². The van der Waals surface area contributed by atoms with E-state index in [1.54, 1.807) is 0 Å². The number of rotatable bonds is 7. The van der Waals surface area contributed by atoms with Crippen molar-refractivity contribution in [2.75, 3.05) is 13.6 Å². The smallest absolute Gasteiger partial charge is 0.228 e. The summed E-state index contributed by atoms with van der Waals surface area (Å²) >= 11 is 3.62. The van der Waals surface area contributed by atoms with E-state index in [1.165, 1.54) is 18.5 Å². The molecular weight excluding hydrogens is 416 g/mol. The molecule has 0 aromatic carbocycles. The van der Waals surface area contributed by atoms with Gasteiger partial charge in [-0.05, 0) is 86.0 Å². The molecular formula is C22H29BrN4O. The van der Waals surface area contributed by atoms with Crippen LogP contribution in [-0.2, 0) is 6.42 Å². The molecule has 150 valence electrons. The van der Waals surface area contributed by atoms with E-state index in [1.807, 2.05) is 43.5 Å². The fraction of sp³-hybridized carbons (Fsp3) is 0.500. The largest absolute Gasteiger partial charge is 0.474 e. The molecule has 0 radical (unpaired) electrons. The van der Waals surface area contributed by atoms with Crippen LogP contribution in [0.5, 0.6) is 5.88 Å². The zero-order valence-electron chi connectivity index (χ0n) is 16.9. The third-order valence-electron chi connectivity index (χ3n) is 5.24. The Morgan fingerprint density at radius 2 is 2.21 bits per heavy atom. The number of nitrogens with zero attached hydrogens (tertiary/aromatic N) is 4. The van der Waals surface area contributed by atoms with Gasteiger partial charge in [0.05, 0.1) is 22.2 Å². The van der Waals surface area contributed by atoms with Gasteiger partial charge >= 0.3 is 0 Å². The van der Waals surface area contributed by atoms with Crippen molar-refractivity contribution in [3.63, 3.8) is 0 Å². The van der Waals surface area contributed by atoms with Crippen molar-refractivity contribution < 1.29 is 4.74 Å². The zero-order valence-corrected chi connectivity index (χ0v) is 18.5. The zero-order chi connectivity index (χ0) is 19.9. The first-order valence-electron chi connectivity index (χ1n) is 10.0. The summed E-state index contributed by atoms with van der Waals surface area (Å²) in [5.74, 6) is 1.28. The Kier molecular flexibility index (Phi) is 7.43. The Bertz CT molecular complexity index is 797. The van der Waals surface area contributed by atoms with Gasteiger partial charge in [-0.1, -0.05) is 6.07 Å². The maximum atomic E-state index is 6.30. The number of aliphatic imine (C=N–C) groups is 1. The van der Waals surface area contributed by atoms with Crippen molar-refractivity contribution >= 4 is 28.0 Å². The summed E-state index contributed by atoms with van der Waals surface area (Å²) in [4.78, 5) is 15.7. The third kappa shape index (κ3) is 5.77. The SMILES string of the molecule is CCN(C)/C=N/c1cc(Br)c(OC2CCCC(Cc3ccccn3)C2)nc1C. The first-order valence-corrected chi connectivity index (χ1v) is 10.8. The molecule has 1 aliphatic carbocycles. The lowest BCUT2D eigenvalue weighted by Crippen LogP contribution is -2.27. The second-order valence-electron chi connectivity index (χ2n) is 7.50. The van der Waals surface area contributed by atoms with Crippen molar-refractivity contribution in [3.05, 3.63) is 46.3 Å². The van der Waals surface area contributed by atoms with Gasteiger partial charge in [-0.15, -0.1) is 0 Å². The average Bonchev–Trinajstić information content (AvgIpc) is 2.70. The van der Waals surface area contributed by atoms with E-state index in [9.17, 15) is 0 Å². The van der Waals surface area contributed by atoms with E-state index >= 15 is 0 Å². The van der Waals surface area contributed by atoms with Crippen LogP contribution in [0.2, 0.25) is 0 Å². The Morgan fingerprint density at radius 1 is 1.36 bits per heavy atom. The minimum atomic E-state index is 0.200. The van der Waals surface area contributed by atoms with Gasteiger partial charge < -0.3 is 9.64 Å². The highest BCUT2D eigenvalue weighted by Crippen LogP contribution is 2.34. The van der Waals surface area contributed by atoms with Gasteiger partial charge in [0.25, 0.3) is 0 Å². The average molecular weight is 445 g/mol. The minimum absolute atomic E-state index is 0.200. The maximum Gasteiger partial charge on any atom is 0.228 e. The predicted octanol–water partition coefficient (Wildman–Crippen LogP) is 5.34. The van der Waals surface area contributed by atoms with Gasteiger partial charge in [-0.25, -0.2) is 9.98 Å². The first kappa shape index (κ1) is 20.8. The molecule has 5 nitrogen and oxygen atoms in total. The summed E-state index contributed by atoms with van der Waals surface area (Å²) in [5, 5.41) is 0. The molecule has 1 saturated carbocycles. The first-order chi connectivity index (χ1) is 13.5. The lowest BCUT2D eigenvalue weighted by atomic mass is 9.84. The molecule has 3 rings (SSSR count). The highest BCUT2D eigenvalue weighted by molar-refractivity contribution is 9.10. The number of pyridine rings is 2. The molecule has 2 atom stereocenters. The molecule has 0 saturated heterocycles. The molecule has 28 heavy (non-hydrogen) atoms. The molecule has 0 spiro atoms. The monoisotopic (exact) mass is 444 g/mol. The Labute approximate surface area is 176 Å². The van der Waals surface area contributed by atoms with E-state index in [-0.39, 0.29) is 6.10 Å². The lowest BCUT2D eigenvalue weighted by Gasteiger charge is -2.29. The summed E-state index contributed by atoms with van der Waals surface area (Å²) in [6.07, 6.45) is 9.47. The highest BCUT2D eigenvalue weighted by atomic mass is 79.9. The molecule has 1 aliphatic rings. The normalized spacial score (nSPS) is 19.7. The standard InChI is InChI=1S/C22H29BrN4O/c1-4-27(3)15-25-21-14-20(23)22(26-16(21)2)28-19-10-7-8-17(13-19)12-18-9-5-6-11-24-18/h5-6,9,11,14-15,17,19H,4,7-8,10,12-13H2,1-3H3/b25-15+. The van der Waals surface area contributed by atoms with Crippen LogP contribution in [0.3, 0.4) is 0 Å². The fourth-order valence-corrected chi connectivity index (χ4v) is 3.91. The predicted molar refractivity (Wildman–Crippen MR) is 117 cm³/mol. The number of hydrogen-bond donors (Lipinski definition) is 0. The quantitative estimate of drug-likeness (QED) is 0.427. The van der Waals surface area contributed by atoms with Crippen LogP contribution in [0.25, 0.3) is 0 Å². The molecule has 0 amide bonds. The fourth-order valence-electron chi connectivity index (χ4n) is 3.51. The molecule has 0 bridgehead atoms. The van der Waals surface area contributed by atoms with Gasteiger partial charge in [-0.3, -0.25) is 4.98 Å². The van der Waals surface area contributed by atoms with Crippen molar-refractivity contribution in [1.82, 2.24) is 14.9 Å². The van der Waals surface area contributed by atoms with Gasteiger partial charge in [0.2, 0.25) is 5.88 Å². The molecule has 2 unspecified atom stereocenters. The van der Waals surface area contributed by atoms with Crippen LogP contribution >= 0.6 is 15.9 Å². The van der Waals surface area contributed by atoms with Crippen LogP contribution in [0.4, 0.5) is 5.69 Å².